The third-order valence-corrected chi connectivity index (χ3v) is 4.38. The van der Waals surface area contributed by atoms with Gasteiger partial charge in [0.05, 0.1) is 6.21 Å². The van der Waals surface area contributed by atoms with Crippen molar-refractivity contribution in [2.75, 3.05) is 0 Å². The zero-order chi connectivity index (χ0) is 18.9. The van der Waals surface area contributed by atoms with E-state index in [2.05, 4.69) is 10.2 Å². The van der Waals surface area contributed by atoms with E-state index in [1.54, 1.807) is 18.2 Å². The van der Waals surface area contributed by atoms with Gasteiger partial charge in [0.2, 0.25) is 0 Å². The molecular formula is C21H18FN3OS. The number of ether oxygens (including phenoxy) is 1. The van der Waals surface area contributed by atoms with Crippen molar-refractivity contribution in [3.63, 3.8) is 0 Å². The number of nitrogens with zero attached hydrogens (tertiary/aromatic N) is 2. The van der Waals surface area contributed by atoms with Crippen molar-refractivity contribution < 1.29 is 9.13 Å². The lowest BCUT2D eigenvalue weighted by molar-refractivity contribution is 0.476. The Bertz CT molecular complexity index is 931. The van der Waals surface area contributed by atoms with E-state index < -0.39 is 0 Å². The minimum atomic E-state index is -0.389. The van der Waals surface area contributed by atoms with Crippen LogP contribution in [0, 0.1) is 5.82 Å². The van der Waals surface area contributed by atoms with Crippen LogP contribution in [0.4, 0.5) is 4.39 Å². The molecule has 0 saturated heterocycles. The first-order chi connectivity index (χ1) is 13.2. The second-order valence-electron chi connectivity index (χ2n) is 5.55. The Morgan fingerprint density at radius 2 is 1.70 bits per heavy atom. The van der Waals surface area contributed by atoms with Gasteiger partial charge in [-0.2, -0.15) is 5.10 Å². The van der Waals surface area contributed by atoms with Crippen LogP contribution in [0.15, 0.2) is 89.1 Å². The summed E-state index contributed by atoms with van der Waals surface area (Å²) in [7, 11) is 0. The quantitative estimate of drug-likeness (QED) is 0.364. The number of para-hydroxylation sites is 1. The molecule has 6 heteroatoms. The van der Waals surface area contributed by atoms with Gasteiger partial charge in [-0.1, -0.05) is 60.3 Å². The van der Waals surface area contributed by atoms with Crippen molar-refractivity contribution in [2.45, 2.75) is 5.75 Å². The van der Waals surface area contributed by atoms with Crippen molar-refractivity contribution in [3.8, 4) is 11.5 Å². The number of nitrogens with two attached hydrogens (primary N) is 1. The summed E-state index contributed by atoms with van der Waals surface area (Å²) in [4.78, 5) is 0. The molecule has 0 bridgehead atoms. The lowest BCUT2D eigenvalue weighted by atomic mass is 10.2. The maximum absolute atomic E-state index is 13.6. The summed E-state index contributed by atoms with van der Waals surface area (Å²) in [6.07, 6.45) is 1.49. The summed E-state index contributed by atoms with van der Waals surface area (Å²) in [6, 6.07) is 23.4. The van der Waals surface area contributed by atoms with E-state index in [0.717, 1.165) is 5.56 Å². The van der Waals surface area contributed by atoms with Gasteiger partial charge >= 0.3 is 0 Å². The summed E-state index contributed by atoms with van der Waals surface area (Å²) < 4.78 is 19.3. The fourth-order valence-corrected chi connectivity index (χ4v) is 2.84. The fourth-order valence-electron chi connectivity index (χ4n) is 2.23. The van der Waals surface area contributed by atoms with Gasteiger partial charge in [-0.25, -0.2) is 4.39 Å². The minimum absolute atomic E-state index is 0.350. The molecular weight excluding hydrogens is 361 g/mol. The monoisotopic (exact) mass is 379 g/mol. The zero-order valence-electron chi connectivity index (χ0n) is 14.5. The first-order valence-corrected chi connectivity index (χ1v) is 9.25. The second kappa shape index (κ2) is 9.54. The number of thioether (sulfide) groups is 1. The van der Waals surface area contributed by atoms with Crippen molar-refractivity contribution in [1.29, 1.82) is 0 Å². The zero-order valence-corrected chi connectivity index (χ0v) is 15.3. The number of hydrogen-bond donors (Lipinski definition) is 1. The summed E-state index contributed by atoms with van der Waals surface area (Å²) in [5.41, 5.74) is 7.64. The van der Waals surface area contributed by atoms with Gasteiger partial charge in [0.1, 0.15) is 17.3 Å². The molecule has 0 atom stereocenters. The predicted molar refractivity (Wildman–Crippen MR) is 110 cm³/mol. The highest BCUT2D eigenvalue weighted by Crippen LogP contribution is 2.25. The minimum Gasteiger partial charge on any atom is -0.457 e. The molecule has 0 amide bonds. The van der Waals surface area contributed by atoms with Crippen LogP contribution in [0.5, 0.6) is 11.5 Å². The van der Waals surface area contributed by atoms with Crippen molar-refractivity contribution in [3.05, 3.63) is 95.8 Å². The SMILES string of the molecule is NC(=NN=Cc1ccc(F)cc1Oc1ccccc1)SCc1ccccc1. The van der Waals surface area contributed by atoms with E-state index in [-0.39, 0.29) is 5.82 Å². The normalized spacial score (nSPS) is 11.7. The maximum Gasteiger partial charge on any atom is 0.180 e. The average molecular weight is 379 g/mol. The number of amidine groups is 1. The van der Waals surface area contributed by atoms with Crippen molar-refractivity contribution in [2.24, 2.45) is 15.9 Å². The molecule has 0 aliphatic carbocycles. The first kappa shape index (κ1) is 18.7. The van der Waals surface area contributed by atoms with E-state index in [1.165, 1.54) is 30.1 Å². The Hall–Kier alpha value is -3.12. The van der Waals surface area contributed by atoms with Crippen LogP contribution in [-0.4, -0.2) is 11.4 Å². The first-order valence-electron chi connectivity index (χ1n) is 8.26. The molecule has 0 spiro atoms. The Kier molecular flexibility index (Phi) is 6.60. The molecule has 3 aromatic rings. The highest BCUT2D eigenvalue weighted by atomic mass is 32.2. The van der Waals surface area contributed by atoms with Crippen LogP contribution < -0.4 is 10.5 Å². The molecule has 136 valence electrons. The molecule has 4 nitrogen and oxygen atoms in total. The molecule has 2 N–H and O–H groups in total. The van der Waals surface area contributed by atoms with Gasteiger partial charge in [0.15, 0.2) is 5.17 Å². The molecule has 0 fully saturated rings. The van der Waals surface area contributed by atoms with Gasteiger partial charge in [0, 0.05) is 17.4 Å². The van der Waals surface area contributed by atoms with E-state index in [0.29, 0.717) is 28.0 Å². The van der Waals surface area contributed by atoms with Crippen LogP contribution in [0.25, 0.3) is 0 Å². The van der Waals surface area contributed by atoms with E-state index in [4.69, 9.17) is 10.5 Å². The average Bonchev–Trinajstić information content (AvgIpc) is 2.70. The summed E-state index contributed by atoms with van der Waals surface area (Å²) in [5, 5.41) is 8.33. The molecule has 0 aliphatic heterocycles. The third kappa shape index (κ3) is 5.97. The van der Waals surface area contributed by atoms with Crippen LogP contribution >= 0.6 is 11.8 Å². The van der Waals surface area contributed by atoms with Gasteiger partial charge in [0.25, 0.3) is 0 Å². The highest BCUT2D eigenvalue weighted by Gasteiger charge is 2.05. The standard InChI is InChI=1S/C21H18FN3OS/c22-18-12-11-17(20(13-18)26-19-9-5-2-6-10-19)14-24-25-21(23)27-15-16-7-3-1-4-8-16/h1-14H,15H2,(H2,23,25). The number of hydrogen-bond acceptors (Lipinski definition) is 4. The predicted octanol–water partition coefficient (Wildman–Crippen LogP) is 5.20. The number of rotatable bonds is 6. The smallest absolute Gasteiger partial charge is 0.180 e. The van der Waals surface area contributed by atoms with E-state index in [1.807, 2.05) is 48.5 Å². The lowest BCUT2D eigenvalue weighted by Gasteiger charge is -2.08. The highest BCUT2D eigenvalue weighted by molar-refractivity contribution is 8.13. The second-order valence-corrected chi connectivity index (χ2v) is 6.55. The van der Waals surface area contributed by atoms with E-state index >= 15 is 0 Å². The molecule has 0 radical (unpaired) electrons. The van der Waals surface area contributed by atoms with E-state index in [9.17, 15) is 4.39 Å². The number of halogens is 1. The lowest BCUT2D eigenvalue weighted by Crippen LogP contribution is -2.06. The number of benzene rings is 3. The molecule has 3 rings (SSSR count). The molecule has 0 aliphatic rings. The Labute approximate surface area is 161 Å². The largest absolute Gasteiger partial charge is 0.457 e. The Morgan fingerprint density at radius 3 is 2.44 bits per heavy atom. The maximum atomic E-state index is 13.6. The summed E-state index contributed by atoms with van der Waals surface area (Å²) in [6.45, 7) is 0. The van der Waals surface area contributed by atoms with Crippen molar-refractivity contribution >= 4 is 23.1 Å². The third-order valence-electron chi connectivity index (χ3n) is 3.53. The Balaban J connectivity index is 1.67. The fraction of sp³-hybridized carbons (Fsp3) is 0.0476. The van der Waals surface area contributed by atoms with Gasteiger partial charge in [-0.15, -0.1) is 5.10 Å². The topological polar surface area (TPSA) is 60.0 Å². The van der Waals surface area contributed by atoms with Crippen LogP contribution in [0.1, 0.15) is 11.1 Å². The van der Waals surface area contributed by atoms with Crippen molar-refractivity contribution in [1.82, 2.24) is 0 Å². The molecule has 3 aromatic carbocycles. The molecule has 0 heterocycles. The molecule has 0 saturated carbocycles. The van der Waals surface area contributed by atoms with Crippen LogP contribution in [0.2, 0.25) is 0 Å². The summed E-state index contributed by atoms with van der Waals surface area (Å²) >= 11 is 1.40. The van der Waals surface area contributed by atoms with Crippen LogP contribution in [0.3, 0.4) is 0 Å². The van der Waals surface area contributed by atoms with Gasteiger partial charge in [-0.3, -0.25) is 0 Å². The Morgan fingerprint density at radius 1 is 1.00 bits per heavy atom. The van der Waals surface area contributed by atoms with Gasteiger partial charge < -0.3 is 10.5 Å². The molecule has 0 aromatic heterocycles. The van der Waals surface area contributed by atoms with Gasteiger partial charge in [-0.05, 0) is 29.8 Å². The van der Waals surface area contributed by atoms with Crippen LogP contribution in [-0.2, 0) is 5.75 Å². The molecule has 0 unspecified atom stereocenters. The molecule has 27 heavy (non-hydrogen) atoms. The summed E-state index contributed by atoms with van der Waals surface area (Å²) in [5.74, 6) is 1.29.